The number of rotatable bonds is 4. The third-order valence-corrected chi connectivity index (χ3v) is 2.65. The normalized spacial score (nSPS) is 12.0. The van der Waals surface area contributed by atoms with Gasteiger partial charge in [0.15, 0.2) is 5.78 Å². The number of allylic oxidation sites excluding steroid dienone is 3. The molecule has 0 bridgehead atoms. The first-order chi connectivity index (χ1) is 7.15. The lowest BCUT2D eigenvalue weighted by Crippen LogP contribution is -1.98. The largest absolute Gasteiger partial charge is 0.293 e. The fourth-order valence-electron chi connectivity index (χ4n) is 0.981. The van der Waals surface area contributed by atoms with Gasteiger partial charge in [-0.3, -0.25) is 4.79 Å². The maximum atomic E-state index is 11.0. The summed E-state index contributed by atoms with van der Waals surface area (Å²) in [5, 5.41) is 1.98. The van der Waals surface area contributed by atoms with Gasteiger partial charge in [-0.05, 0) is 24.4 Å². The highest BCUT2D eigenvalue weighted by atomic mass is 32.1. The lowest BCUT2D eigenvalue weighted by atomic mass is 10.2. The Balaban J connectivity index is 3.03. The minimum atomic E-state index is -0.103. The van der Waals surface area contributed by atoms with Gasteiger partial charge in [-0.2, -0.15) is 0 Å². The molecule has 1 aromatic heterocycles. The quantitative estimate of drug-likeness (QED) is 0.564. The van der Waals surface area contributed by atoms with Gasteiger partial charge < -0.3 is 0 Å². The monoisotopic (exact) mass is 219 g/mol. The molecular weight excluding hydrogens is 206 g/mol. The second kappa shape index (κ2) is 5.41. The standard InChI is InChI=1S/C12H13NOS/c1-4-6-11(12-7-5-8-15-12)13-9(2)10(3)14/h4-8H,2H2,1,3H3/b6-4-,13-11?. The van der Waals surface area contributed by atoms with Crippen LogP contribution in [-0.2, 0) is 4.79 Å². The Morgan fingerprint density at radius 1 is 1.60 bits per heavy atom. The summed E-state index contributed by atoms with van der Waals surface area (Å²) in [5.74, 6) is -0.103. The number of ketones is 1. The minimum absolute atomic E-state index is 0.103. The van der Waals surface area contributed by atoms with E-state index in [1.807, 2.05) is 36.6 Å². The second-order valence-electron chi connectivity index (χ2n) is 2.98. The summed E-state index contributed by atoms with van der Waals surface area (Å²) < 4.78 is 0. The molecule has 0 atom stereocenters. The van der Waals surface area contributed by atoms with Crippen molar-refractivity contribution in [2.75, 3.05) is 0 Å². The average Bonchev–Trinajstić information content (AvgIpc) is 2.69. The van der Waals surface area contributed by atoms with E-state index in [-0.39, 0.29) is 11.5 Å². The van der Waals surface area contributed by atoms with Crippen LogP contribution >= 0.6 is 11.3 Å². The number of Topliss-reactive ketones (excluding diaryl/α,β-unsaturated/α-hetero) is 1. The number of hydrogen-bond acceptors (Lipinski definition) is 3. The lowest BCUT2D eigenvalue weighted by molar-refractivity contribution is -0.113. The first-order valence-electron chi connectivity index (χ1n) is 4.60. The van der Waals surface area contributed by atoms with Gasteiger partial charge in [-0.1, -0.05) is 18.7 Å². The maximum Gasteiger partial charge on any atom is 0.177 e. The van der Waals surface area contributed by atoms with Crippen LogP contribution in [0.3, 0.4) is 0 Å². The van der Waals surface area contributed by atoms with Crippen molar-refractivity contribution in [1.29, 1.82) is 0 Å². The van der Waals surface area contributed by atoms with Crippen LogP contribution in [0.5, 0.6) is 0 Å². The van der Waals surface area contributed by atoms with Crippen LogP contribution in [0.2, 0.25) is 0 Å². The Bertz CT molecular complexity index is 413. The van der Waals surface area contributed by atoms with Crippen molar-refractivity contribution >= 4 is 22.8 Å². The fraction of sp³-hybridized carbons (Fsp3) is 0.167. The molecule has 3 heteroatoms. The highest BCUT2D eigenvalue weighted by Crippen LogP contribution is 2.12. The molecule has 0 radical (unpaired) electrons. The van der Waals surface area contributed by atoms with Gasteiger partial charge in [0.05, 0.1) is 16.3 Å². The molecule has 0 unspecified atom stereocenters. The molecule has 0 N–H and O–H groups in total. The summed E-state index contributed by atoms with van der Waals surface area (Å²) in [6.45, 7) is 7.00. The number of carbonyl (C=O) groups excluding carboxylic acids is 1. The Morgan fingerprint density at radius 2 is 2.33 bits per heavy atom. The van der Waals surface area contributed by atoms with Crippen LogP contribution in [0.1, 0.15) is 18.7 Å². The summed E-state index contributed by atoms with van der Waals surface area (Å²) in [4.78, 5) is 16.3. The van der Waals surface area contributed by atoms with Gasteiger partial charge in [0, 0.05) is 6.92 Å². The number of nitrogens with zero attached hydrogens (tertiary/aromatic N) is 1. The zero-order valence-electron chi connectivity index (χ0n) is 8.86. The smallest absolute Gasteiger partial charge is 0.177 e. The third-order valence-electron chi connectivity index (χ3n) is 1.76. The van der Waals surface area contributed by atoms with Crippen molar-refractivity contribution in [1.82, 2.24) is 0 Å². The van der Waals surface area contributed by atoms with Crippen molar-refractivity contribution in [2.24, 2.45) is 4.99 Å². The number of carbonyl (C=O) groups is 1. The molecule has 1 aromatic rings. The molecule has 0 aromatic carbocycles. The summed E-state index contributed by atoms with van der Waals surface area (Å²) in [6.07, 6.45) is 3.77. The molecule has 0 amide bonds. The fourth-order valence-corrected chi connectivity index (χ4v) is 1.68. The van der Waals surface area contributed by atoms with Gasteiger partial charge >= 0.3 is 0 Å². The molecule has 0 aliphatic heterocycles. The Labute approximate surface area is 93.7 Å². The highest BCUT2D eigenvalue weighted by Gasteiger charge is 2.03. The van der Waals surface area contributed by atoms with Crippen molar-refractivity contribution in [3.8, 4) is 0 Å². The zero-order chi connectivity index (χ0) is 11.3. The first-order valence-corrected chi connectivity index (χ1v) is 5.48. The van der Waals surface area contributed by atoms with Crippen LogP contribution in [0.4, 0.5) is 0 Å². The van der Waals surface area contributed by atoms with Crippen LogP contribution < -0.4 is 0 Å². The molecule has 0 saturated heterocycles. The molecule has 0 aliphatic carbocycles. The molecule has 0 spiro atoms. The van der Waals surface area contributed by atoms with E-state index in [9.17, 15) is 4.79 Å². The second-order valence-corrected chi connectivity index (χ2v) is 3.92. The number of thiophene rings is 1. The van der Waals surface area contributed by atoms with E-state index in [4.69, 9.17) is 0 Å². The molecule has 78 valence electrons. The number of aliphatic imine (C=N–C) groups is 1. The van der Waals surface area contributed by atoms with Crippen molar-refractivity contribution in [3.63, 3.8) is 0 Å². The van der Waals surface area contributed by atoms with Gasteiger partial charge in [0.1, 0.15) is 0 Å². The molecule has 0 saturated carbocycles. The molecule has 15 heavy (non-hydrogen) atoms. The van der Waals surface area contributed by atoms with E-state index in [0.717, 1.165) is 10.6 Å². The topological polar surface area (TPSA) is 29.4 Å². The van der Waals surface area contributed by atoms with Gasteiger partial charge in [-0.25, -0.2) is 4.99 Å². The van der Waals surface area contributed by atoms with Gasteiger partial charge in [0.2, 0.25) is 0 Å². The van der Waals surface area contributed by atoms with E-state index in [0.29, 0.717) is 0 Å². The van der Waals surface area contributed by atoms with Crippen LogP contribution in [-0.4, -0.2) is 11.5 Å². The molecule has 0 aliphatic rings. The summed E-state index contributed by atoms with van der Waals surface area (Å²) >= 11 is 1.59. The predicted molar refractivity (Wildman–Crippen MR) is 65.5 cm³/mol. The highest BCUT2D eigenvalue weighted by molar-refractivity contribution is 7.12. The maximum absolute atomic E-state index is 11.0. The summed E-state index contributed by atoms with van der Waals surface area (Å²) in [5.41, 5.74) is 1.07. The van der Waals surface area contributed by atoms with E-state index >= 15 is 0 Å². The van der Waals surface area contributed by atoms with Crippen molar-refractivity contribution < 1.29 is 4.79 Å². The summed E-state index contributed by atoms with van der Waals surface area (Å²) in [6, 6.07) is 3.92. The van der Waals surface area contributed by atoms with Gasteiger partial charge in [-0.15, -0.1) is 11.3 Å². The Hall–Kier alpha value is -1.48. The minimum Gasteiger partial charge on any atom is -0.293 e. The third kappa shape index (κ3) is 3.29. The Kier molecular flexibility index (Phi) is 4.18. The SMILES string of the molecule is C=C(N=C(/C=C\C)c1cccs1)C(C)=O. The van der Waals surface area contributed by atoms with E-state index in [1.165, 1.54) is 6.92 Å². The predicted octanol–water partition coefficient (Wildman–Crippen LogP) is 3.22. The molecule has 1 rings (SSSR count). The summed E-state index contributed by atoms with van der Waals surface area (Å²) in [7, 11) is 0. The van der Waals surface area contributed by atoms with E-state index in [1.54, 1.807) is 11.3 Å². The number of hydrogen-bond donors (Lipinski definition) is 0. The Morgan fingerprint density at radius 3 is 2.80 bits per heavy atom. The van der Waals surface area contributed by atoms with E-state index in [2.05, 4.69) is 11.6 Å². The van der Waals surface area contributed by atoms with Crippen molar-refractivity contribution in [2.45, 2.75) is 13.8 Å². The zero-order valence-corrected chi connectivity index (χ0v) is 9.67. The van der Waals surface area contributed by atoms with Crippen LogP contribution in [0, 0.1) is 0 Å². The van der Waals surface area contributed by atoms with E-state index < -0.39 is 0 Å². The molecule has 1 heterocycles. The van der Waals surface area contributed by atoms with Crippen molar-refractivity contribution in [3.05, 3.63) is 46.8 Å². The molecule has 0 fully saturated rings. The van der Waals surface area contributed by atoms with Gasteiger partial charge in [0.25, 0.3) is 0 Å². The van der Waals surface area contributed by atoms with Crippen LogP contribution in [0.15, 0.2) is 46.9 Å². The molecular formula is C12H13NOS. The molecule has 2 nitrogen and oxygen atoms in total. The lowest BCUT2D eigenvalue weighted by Gasteiger charge is -1.98. The van der Waals surface area contributed by atoms with Crippen LogP contribution in [0.25, 0.3) is 0 Å². The average molecular weight is 219 g/mol. The first kappa shape index (κ1) is 11.6.